The average Bonchev–Trinajstić information content (AvgIpc) is 3.26. The Morgan fingerprint density at radius 2 is 1.73 bits per heavy atom. The van der Waals surface area contributed by atoms with E-state index in [9.17, 15) is 37.7 Å². The van der Waals surface area contributed by atoms with Crippen molar-refractivity contribution in [2.45, 2.75) is 25.1 Å². The number of rotatable bonds is 9. The van der Waals surface area contributed by atoms with Crippen LogP contribution in [0.25, 0.3) is 0 Å². The first-order chi connectivity index (χ1) is 18.8. The topological polar surface area (TPSA) is 196 Å². The molecule has 1 fully saturated rings. The fourth-order valence-corrected chi connectivity index (χ4v) is 3.53. The minimum absolute atomic E-state index is 0.131. The number of halogens is 3. The number of aliphatic carboxylic acids is 2. The van der Waals surface area contributed by atoms with Crippen LogP contribution in [0.15, 0.2) is 42.6 Å². The second-order valence-electron chi connectivity index (χ2n) is 8.33. The number of nitro groups is 1. The smallest absolute Gasteiger partial charge is 0.488 e. The van der Waals surface area contributed by atoms with Gasteiger partial charge in [-0.25, -0.2) is 9.59 Å². The molecule has 3 N–H and O–H groups in total. The van der Waals surface area contributed by atoms with Crippen molar-refractivity contribution in [1.82, 2.24) is 19.8 Å². The molecule has 15 nitrogen and oxygen atoms in total. The van der Waals surface area contributed by atoms with Gasteiger partial charge in [0.25, 0.3) is 0 Å². The van der Waals surface area contributed by atoms with Gasteiger partial charge in [0.1, 0.15) is 30.4 Å². The summed E-state index contributed by atoms with van der Waals surface area (Å²) < 4.78 is 52.8. The Morgan fingerprint density at radius 1 is 1.12 bits per heavy atom. The quantitative estimate of drug-likeness (QED) is 0.219. The molecule has 2 aliphatic heterocycles. The van der Waals surface area contributed by atoms with Crippen molar-refractivity contribution in [2.24, 2.45) is 0 Å². The number of carbonyl (C=O) groups excluding carboxylic acids is 1. The fourth-order valence-electron chi connectivity index (χ4n) is 3.53. The molecule has 0 unspecified atom stereocenters. The van der Waals surface area contributed by atoms with Crippen LogP contribution in [0.1, 0.15) is 0 Å². The van der Waals surface area contributed by atoms with Gasteiger partial charge in [0.05, 0.1) is 19.1 Å². The molecule has 1 atom stereocenters. The zero-order chi connectivity index (χ0) is 29.4. The standard InChI is InChI=1S/C18H18F3N5O6.C4H4O4/c19-18(20,21)32-13-3-1-12(2-4-13)31-14-6-24(7-14)9-16(27)22-11-5-25-8-15(26(28)29)23-17(25)30-10-11;5-3(6)1-2-4(7)8/h1-4,8,11,14H,5-7,9-10H2,(H,22,27);1-2H,(H,5,6)(H,7,8)/t11-;/m0./s1. The van der Waals surface area contributed by atoms with Crippen molar-refractivity contribution >= 4 is 23.7 Å². The van der Waals surface area contributed by atoms with Crippen LogP contribution in [0.2, 0.25) is 0 Å². The Bertz CT molecular complexity index is 1240. The Morgan fingerprint density at radius 3 is 2.27 bits per heavy atom. The molecule has 216 valence electrons. The van der Waals surface area contributed by atoms with Crippen LogP contribution in [0.5, 0.6) is 17.5 Å². The Kier molecular flexibility index (Phi) is 9.49. The van der Waals surface area contributed by atoms with Crippen LogP contribution in [0, 0.1) is 10.1 Å². The van der Waals surface area contributed by atoms with Crippen LogP contribution >= 0.6 is 0 Å². The third kappa shape index (κ3) is 9.46. The second kappa shape index (κ2) is 12.8. The number of benzene rings is 1. The number of ether oxygens (including phenoxy) is 3. The zero-order valence-corrected chi connectivity index (χ0v) is 20.3. The lowest BCUT2D eigenvalue weighted by molar-refractivity contribution is -0.389. The molecular weight excluding hydrogens is 551 g/mol. The van der Waals surface area contributed by atoms with Crippen LogP contribution in [-0.4, -0.2) is 92.2 Å². The Hall–Kier alpha value is -4.87. The summed E-state index contributed by atoms with van der Waals surface area (Å²) in [5.74, 6) is -3.00. The predicted molar refractivity (Wildman–Crippen MR) is 125 cm³/mol. The van der Waals surface area contributed by atoms with Gasteiger partial charge in [0, 0.05) is 30.2 Å². The lowest BCUT2D eigenvalue weighted by Gasteiger charge is -2.38. The number of carboxylic acid groups (broad SMARTS) is 2. The molecule has 1 aromatic heterocycles. The number of nitrogens with zero attached hydrogens (tertiary/aromatic N) is 4. The maximum atomic E-state index is 12.3. The van der Waals surface area contributed by atoms with Crippen molar-refractivity contribution in [1.29, 1.82) is 0 Å². The van der Waals surface area contributed by atoms with Gasteiger partial charge in [-0.3, -0.25) is 14.3 Å². The highest BCUT2D eigenvalue weighted by molar-refractivity contribution is 5.89. The maximum Gasteiger partial charge on any atom is 0.573 e. The summed E-state index contributed by atoms with van der Waals surface area (Å²) in [6, 6.07) is 4.89. The van der Waals surface area contributed by atoms with Crippen molar-refractivity contribution in [3.05, 3.63) is 52.7 Å². The number of likely N-dealkylation sites (tertiary alicyclic amines) is 1. The summed E-state index contributed by atoms with van der Waals surface area (Å²) in [7, 11) is 0. The highest BCUT2D eigenvalue weighted by Crippen LogP contribution is 2.26. The molecule has 1 aromatic carbocycles. The monoisotopic (exact) mass is 573 g/mol. The fraction of sp³-hybridized carbons (Fsp3) is 0.364. The molecule has 0 aliphatic carbocycles. The predicted octanol–water partition coefficient (Wildman–Crippen LogP) is 1.04. The summed E-state index contributed by atoms with van der Waals surface area (Å²) in [5.41, 5.74) is 0. The number of imidazole rings is 1. The van der Waals surface area contributed by atoms with Crippen LogP contribution < -0.4 is 19.5 Å². The number of nitrogens with one attached hydrogen (secondary N) is 1. The van der Waals surface area contributed by atoms with E-state index < -0.39 is 23.2 Å². The first kappa shape index (κ1) is 29.7. The van der Waals surface area contributed by atoms with Crippen molar-refractivity contribution < 1.29 is 56.9 Å². The van der Waals surface area contributed by atoms with E-state index in [-0.39, 0.29) is 48.8 Å². The summed E-state index contributed by atoms with van der Waals surface area (Å²) >= 11 is 0. The molecule has 0 saturated carbocycles. The maximum absolute atomic E-state index is 12.3. The van der Waals surface area contributed by atoms with Gasteiger partial charge in [-0.2, -0.15) is 0 Å². The lowest BCUT2D eigenvalue weighted by Crippen LogP contribution is -2.57. The van der Waals surface area contributed by atoms with Gasteiger partial charge in [-0.05, 0) is 29.2 Å². The highest BCUT2D eigenvalue weighted by Gasteiger charge is 2.33. The van der Waals surface area contributed by atoms with Gasteiger partial charge in [-0.1, -0.05) is 0 Å². The summed E-state index contributed by atoms with van der Waals surface area (Å²) in [5, 5.41) is 29.2. The number of amides is 1. The van der Waals surface area contributed by atoms with E-state index in [1.54, 1.807) is 0 Å². The number of hydrogen-bond acceptors (Lipinski definition) is 10. The number of alkyl halides is 3. The van der Waals surface area contributed by atoms with E-state index >= 15 is 0 Å². The van der Waals surface area contributed by atoms with E-state index in [1.165, 1.54) is 35.0 Å². The van der Waals surface area contributed by atoms with Crippen molar-refractivity contribution in [3.8, 4) is 17.5 Å². The van der Waals surface area contributed by atoms with Crippen molar-refractivity contribution in [2.75, 3.05) is 26.2 Å². The summed E-state index contributed by atoms with van der Waals surface area (Å²) in [4.78, 5) is 47.1. The Balaban J connectivity index is 0.000000482. The van der Waals surface area contributed by atoms with E-state index in [4.69, 9.17) is 19.7 Å². The van der Waals surface area contributed by atoms with Crippen molar-refractivity contribution in [3.63, 3.8) is 0 Å². The van der Waals surface area contributed by atoms with Crippen LogP contribution in [0.3, 0.4) is 0 Å². The first-order valence-corrected chi connectivity index (χ1v) is 11.3. The molecule has 4 rings (SSSR count). The van der Waals surface area contributed by atoms with E-state index in [1.807, 2.05) is 4.90 Å². The minimum atomic E-state index is -4.75. The number of fused-ring (bicyclic) bond motifs is 1. The molecule has 1 amide bonds. The third-order valence-electron chi connectivity index (χ3n) is 5.13. The average molecular weight is 573 g/mol. The molecule has 1 saturated heterocycles. The van der Waals surface area contributed by atoms with Gasteiger partial charge in [0.2, 0.25) is 5.91 Å². The Labute approximate surface area is 222 Å². The van der Waals surface area contributed by atoms with E-state index in [2.05, 4.69) is 15.0 Å². The summed E-state index contributed by atoms with van der Waals surface area (Å²) in [6.07, 6.45) is -2.57. The largest absolute Gasteiger partial charge is 0.573 e. The van der Waals surface area contributed by atoms with Gasteiger partial charge >= 0.3 is 30.1 Å². The SMILES string of the molecule is O=C(CN1CC(Oc2ccc(OC(F)(F)F)cc2)C1)N[C@@H]1COc2nc([N+](=O)[O-])cn2C1.O=C(O)C=CC(=O)O. The molecular formula is C22H22F3N5O10. The normalized spacial score (nSPS) is 16.9. The molecule has 0 radical (unpaired) electrons. The third-order valence-corrected chi connectivity index (χ3v) is 5.13. The molecule has 40 heavy (non-hydrogen) atoms. The molecule has 2 aliphatic rings. The molecule has 18 heteroatoms. The molecule has 2 aromatic rings. The number of carboxylic acids is 2. The van der Waals surface area contributed by atoms with Gasteiger partial charge < -0.3 is 39.9 Å². The highest BCUT2D eigenvalue weighted by atomic mass is 19.4. The summed E-state index contributed by atoms with van der Waals surface area (Å²) in [6.45, 7) is 1.55. The van der Waals surface area contributed by atoms with Gasteiger partial charge in [0.15, 0.2) is 0 Å². The minimum Gasteiger partial charge on any atom is -0.488 e. The van der Waals surface area contributed by atoms with E-state index in [0.29, 0.717) is 37.5 Å². The first-order valence-electron chi connectivity index (χ1n) is 11.3. The van der Waals surface area contributed by atoms with Crippen LogP contribution in [0.4, 0.5) is 19.0 Å². The zero-order valence-electron chi connectivity index (χ0n) is 20.3. The van der Waals surface area contributed by atoms with Gasteiger partial charge in [-0.15, -0.1) is 13.2 Å². The van der Waals surface area contributed by atoms with Crippen LogP contribution in [-0.2, 0) is 20.9 Å². The molecule has 0 bridgehead atoms. The number of aromatic nitrogens is 2. The van der Waals surface area contributed by atoms with E-state index in [0.717, 1.165) is 0 Å². The molecule has 0 spiro atoms. The lowest BCUT2D eigenvalue weighted by atomic mass is 10.1. The second-order valence-corrected chi connectivity index (χ2v) is 8.33. The molecule has 3 heterocycles. The number of carbonyl (C=O) groups is 3. The number of hydrogen-bond donors (Lipinski definition) is 3.